The maximum absolute atomic E-state index is 13.1. The molecule has 0 aromatic heterocycles. The Hall–Kier alpha value is -4.05. The predicted octanol–water partition coefficient (Wildman–Crippen LogP) is 9.14. The van der Waals surface area contributed by atoms with Gasteiger partial charge in [-0.05, 0) is 84.5 Å². The highest BCUT2D eigenvalue weighted by molar-refractivity contribution is 5.91. The molecular formula is C36H38O4. The summed E-state index contributed by atoms with van der Waals surface area (Å²) in [6.07, 6.45) is 7.74. The maximum Gasteiger partial charge on any atom is 0.343 e. The van der Waals surface area contributed by atoms with E-state index in [4.69, 9.17) is 14.2 Å². The molecule has 0 atom stereocenters. The molecule has 4 heteroatoms. The second-order valence-corrected chi connectivity index (χ2v) is 10.7. The van der Waals surface area contributed by atoms with E-state index in [0.717, 1.165) is 17.0 Å². The van der Waals surface area contributed by atoms with Crippen LogP contribution < -0.4 is 14.2 Å². The number of ether oxygens (including phenoxy) is 3. The van der Waals surface area contributed by atoms with Crippen LogP contribution in [0.1, 0.15) is 78.4 Å². The Bertz CT molecular complexity index is 1340. The highest BCUT2D eigenvalue weighted by Gasteiger charge is 2.22. The molecule has 1 aliphatic carbocycles. The van der Waals surface area contributed by atoms with Gasteiger partial charge < -0.3 is 14.2 Å². The first-order valence-electron chi connectivity index (χ1n) is 14.5. The third kappa shape index (κ3) is 7.53. The molecule has 1 saturated carbocycles. The van der Waals surface area contributed by atoms with Crippen LogP contribution in [0.2, 0.25) is 0 Å². The van der Waals surface area contributed by atoms with Crippen LogP contribution in [0.3, 0.4) is 0 Å². The van der Waals surface area contributed by atoms with Crippen LogP contribution in [0.4, 0.5) is 0 Å². The number of hydrogen-bond acceptors (Lipinski definition) is 4. The molecule has 0 radical (unpaired) electrons. The first kappa shape index (κ1) is 27.5. The number of hydrogen-bond donors (Lipinski definition) is 0. The topological polar surface area (TPSA) is 44.8 Å². The summed E-state index contributed by atoms with van der Waals surface area (Å²) in [7, 11) is 0. The lowest BCUT2D eigenvalue weighted by atomic mass is 9.77. The van der Waals surface area contributed by atoms with E-state index in [2.05, 4.69) is 19.1 Å². The van der Waals surface area contributed by atoms with Crippen LogP contribution in [0.5, 0.6) is 17.2 Å². The summed E-state index contributed by atoms with van der Waals surface area (Å²) in [5.74, 6) is 2.69. The van der Waals surface area contributed by atoms with Crippen molar-refractivity contribution in [1.29, 1.82) is 0 Å². The molecule has 4 aromatic carbocycles. The largest absolute Gasteiger partial charge is 0.485 e. The number of rotatable bonds is 11. The lowest BCUT2D eigenvalue weighted by Crippen LogP contribution is -2.13. The van der Waals surface area contributed by atoms with Gasteiger partial charge in [0.1, 0.15) is 19.0 Å². The predicted molar refractivity (Wildman–Crippen MR) is 159 cm³/mol. The number of carbonyl (C=O) groups is 1. The van der Waals surface area contributed by atoms with Gasteiger partial charge in [0.2, 0.25) is 0 Å². The molecule has 0 bridgehead atoms. The van der Waals surface area contributed by atoms with Crippen molar-refractivity contribution in [2.24, 2.45) is 5.92 Å². The van der Waals surface area contributed by atoms with Crippen molar-refractivity contribution < 1.29 is 19.0 Å². The zero-order valence-corrected chi connectivity index (χ0v) is 23.3. The van der Waals surface area contributed by atoms with Crippen LogP contribution in [-0.2, 0) is 13.2 Å². The molecule has 0 N–H and O–H groups in total. The van der Waals surface area contributed by atoms with Crippen molar-refractivity contribution >= 4 is 5.97 Å². The van der Waals surface area contributed by atoms with Gasteiger partial charge in [-0.25, -0.2) is 4.79 Å². The van der Waals surface area contributed by atoms with Crippen LogP contribution in [0.25, 0.3) is 0 Å². The summed E-state index contributed by atoms with van der Waals surface area (Å²) < 4.78 is 17.9. The zero-order valence-electron chi connectivity index (χ0n) is 23.3. The van der Waals surface area contributed by atoms with Gasteiger partial charge in [0.05, 0.1) is 5.56 Å². The van der Waals surface area contributed by atoms with Gasteiger partial charge >= 0.3 is 5.97 Å². The standard InChI is InChI=1S/C36H38O4/c1-2-9-27-14-16-30(17-15-27)31-18-21-33(22-19-31)40-36(37)32-20-23-34(38-25-28-10-5-3-6-11-28)35(24-32)39-26-29-12-7-4-8-13-29/h3-8,10-13,18-24,27,30H,2,9,14-17,25-26H2,1H3. The fourth-order valence-corrected chi connectivity index (χ4v) is 5.50. The highest BCUT2D eigenvalue weighted by Crippen LogP contribution is 2.38. The van der Waals surface area contributed by atoms with E-state index >= 15 is 0 Å². The van der Waals surface area contributed by atoms with E-state index in [1.54, 1.807) is 18.2 Å². The SMILES string of the molecule is CCCC1CCC(c2ccc(OC(=O)c3ccc(OCc4ccccc4)c(OCc4ccccc4)c3)cc2)CC1. The zero-order chi connectivity index (χ0) is 27.6. The lowest BCUT2D eigenvalue weighted by molar-refractivity contribution is 0.0734. The monoisotopic (exact) mass is 534 g/mol. The molecule has 0 amide bonds. The van der Waals surface area contributed by atoms with E-state index in [9.17, 15) is 4.79 Å². The van der Waals surface area contributed by atoms with Crippen LogP contribution in [-0.4, -0.2) is 5.97 Å². The third-order valence-corrected chi connectivity index (χ3v) is 7.76. The van der Waals surface area contributed by atoms with Crippen molar-refractivity contribution in [1.82, 2.24) is 0 Å². The molecule has 4 aromatic rings. The molecule has 0 saturated heterocycles. The molecule has 0 heterocycles. The Morgan fingerprint density at radius 3 is 1.90 bits per heavy atom. The summed E-state index contributed by atoms with van der Waals surface area (Å²) in [6, 6.07) is 33.1. The first-order chi connectivity index (χ1) is 19.7. The third-order valence-electron chi connectivity index (χ3n) is 7.76. The number of benzene rings is 4. The molecule has 1 fully saturated rings. The van der Waals surface area contributed by atoms with Crippen LogP contribution >= 0.6 is 0 Å². The molecule has 1 aliphatic rings. The molecular weight excluding hydrogens is 496 g/mol. The van der Waals surface area contributed by atoms with Gasteiger partial charge in [0.15, 0.2) is 11.5 Å². The Morgan fingerprint density at radius 2 is 1.30 bits per heavy atom. The van der Waals surface area contributed by atoms with Gasteiger partial charge in [0.25, 0.3) is 0 Å². The van der Waals surface area contributed by atoms with E-state index < -0.39 is 5.97 Å². The van der Waals surface area contributed by atoms with Crippen molar-refractivity contribution in [3.63, 3.8) is 0 Å². The first-order valence-corrected chi connectivity index (χ1v) is 14.5. The van der Waals surface area contributed by atoms with Gasteiger partial charge in [-0.15, -0.1) is 0 Å². The molecule has 5 rings (SSSR count). The summed E-state index contributed by atoms with van der Waals surface area (Å²) >= 11 is 0. The summed E-state index contributed by atoms with van der Waals surface area (Å²) in [5.41, 5.74) is 3.83. The minimum atomic E-state index is -0.424. The van der Waals surface area contributed by atoms with Crippen molar-refractivity contribution in [2.75, 3.05) is 0 Å². The van der Waals surface area contributed by atoms with Crippen molar-refractivity contribution in [3.8, 4) is 17.2 Å². The van der Waals surface area contributed by atoms with E-state index in [1.807, 2.05) is 72.8 Å². The van der Waals surface area contributed by atoms with E-state index in [0.29, 0.717) is 41.9 Å². The summed E-state index contributed by atoms with van der Waals surface area (Å²) in [5, 5.41) is 0. The fourth-order valence-electron chi connectivity index (χ4n) is 5.50. The maximum atomic E-state index is 13.1. The Balaban J connectivity index is 1.25. The fraction of sp³-hybridized carbons (Fsp3) is 0.306. The van der Waals surface area contributed by atoms with Crippen molar-refractivity contribution in [2.45, 2.75) is 64.6 Å². The number of carbonyl (C=O) groups excluding carboxylic acids is 1. The Morgan fingerprint density at radius 1 is 0.700 bits per heavy atom. The second-order valence-electron chi connectivity index (χ2n) is 10.7. The minimum Gasteiger partial charge on any atom is -0.485 e. The average Bonchev–Trinajstić information content (AvgIpc) is 3.01. The molecule has 4 nitrogen and oxygen atoms in total. The molecule has 40 heavy (non-hydrogen) atoms. The van der Waals surface area contributed by atoms with E-state index in [-0.39, 0.29) is 0 Å². The van der Waals surface area contributed by atoms with Gasteiger partial charge in [-0.3, -0.25) is 0 Å². The highest BCUT2D eigenvalue weighted by atomic mass is 16.5. The Kier molecular flexibility index (Phi) is 9.52. The van der Waals surface area contributed by atoms with E-state index in [1.165, 1.54) is 44.1 Å². The lowest BCUT2D eigenvalue weighted by Gasteiger charge is -2.28. The molecule has 206 valence electrons. The molecule has 0 unspecified atom stereocenters. The molecule has 0 aliphatic heterocycles. The molecule has 0 spiro atoms. The van der Waals surface area contributed by atoms with Crippen molar-refractivity contribution in [3.05, 3.63) is 125 Å². The Labute approximate surface area is 237 Å². The number of esters is 1. The summed E-state index contributed by atoms with van der Waals surface area (Å²) in [6.45, 7) is 3.04. The van der Waals surface area contributed by atoms with Crippen LogP contribution in [0, 0.1) is 5.92 Å². The normalized spacial score (nSPS) is 16.7. The summed E-state index contributed by atoms with van der Waals surface area (Å²) in [4.78, 5) is 13.1. The van der Waals surface area contributed by atoms with Crippen LogP contribution in [0.15, 0.2) is 103 Å². The quantitative estimate of drug-likeness (QED) is 0.142. The smallest absolute Gasteiger partial charge is 0.343 e. The average molecular weight is 535 g/mol. The minimum absolute atomic E-state index is 0.364. The van der Waals surface area contributed by atoms with Gasteiger partial charge in [0, 0.05) is 0 Å². The van der Waals surface area contributed by atoms with Gasteiger partial charge in [-0.2, -0.15) is 0 Å². The second kappa shape index (κ2) is 13.8. The van der Waals surface area contributed by atoms with Gasteiger partial charge in [-0.1, -0.05) is 92.6 Å².